The van der Waals surface area contributed by atoms with Crippen molar-refractivity contribution in [2.75, 3.05) is 18.4 Å². The van der Waals surface area contributed by atoms with Crippen LogP contribution in [0.25, 0.3) is 0 Å². The molecule has 2 heterocycles. The van der Waals surface area contributed by atoms with Crippen LogP contribution in [-0.2, 0) is 6.42 Å². The van der Waals surface area contributed by atoms with Crippen molar-refractivity contribution in [2.24, 2.45) is 5.92 Å². The number of benzene rings is 2. The molecule has 3 aromatic rings. The molecule has 28 heavy (non-hydrogen) atoms. The molecule has 1 saturated heterocycles. The van der Waals surface area contributed by atoms with Gasteiger partial charge in [0.15, 0.2) is 0 Å². The van der Waals surface area contributed by atoms with E-state index in [1.807, 2.05) is 41.3 Å². The fourth-order valence-electron chi connectivity index (χ4n) is 3.78. The minimum atomic E-state index is 0.0716. The van der Waals surface area contributed by atoms with E-state index >= 15 is 0 Å². The Labute approximate surface area is 166 Å². The molecule has 0 bridgehead atoms. The van der Waals surface area contributed by atoms with Gasteiger partial charge in [0.05, 0.1) is 17.4 Å². The maximum Gasteiger partial charge on any atom is 0.255 e. The number of amides is 1. The predicted octanol–water partition coefficient (Wildman–Crippen LogP) is 4.92. The summed E-state index contributed by atoms with van der Waals surface area (Å²) in [6.07, 6.45) is 6.61. The predicted molar refractivity (Wildman–Crippen MR) is 113 cm³/mol. The van der Waals surface area contributed by atoms with E-state index in [0.29, 0.717) is 11.5 Å². The molecular formula is C24H25N3O. The lowest BCUT2D eigenvalue weighted by atomic mass is 9.90. The Balaban J connectivity index is 1.35. The number of aromatic nitrogens is 1. The van der Waals surface area contributed by atoms with Gasteiger partial charge < -0.3 is 10.2 Å². The average Bonchev–Trinajstić information content (AvgIpc) is 2.75. The van der Waals surface area contributed by atoms with Gasteiger partial charge in [-0.15, -0.1) is 0 Å². The number of nitrogens with one attached hydrogen (secondary N) is 1. The van der Waals surface area contributed by atoms with Crippen molar-refractivity contribution in [3.8, 4) is 0 Å². The standard InChI is InChI=1S/C24H25N3O/c28-24(21-16-23(18-25-17-21)26-22-9-5-2-6-10-22)27-13-11-20(12-14-27)15-19-7-3-1-4-8-19/h1-10,16-18,20,26H,11-15H2. The fourth-order valence-corrected chi connectivity index (χ4v) is 3.78. The number of pyridine rings is 1. The first-order valence-electron chi connectivity index (χ1n) is 9.88. The van der Waals surface area contributed by atoms with E-state index in [9.17, 15) is 4.79 Å². The second-order valence-corrected chi connectivity index (χ2v) is 7.38. The van der Waals surface area contributed by atoms with Gasteiger partial charge in [0, 0.05) is 25.0 Å². The zero-order chi connectivity index (χ0) is 19.2. The van der Waals surface area contributed by atoms with Crippen molar-refractivity contribution < 1.29 is 4.79 Å². The smallest absolute Gasteiger partial charge is 0.255 e. The molecule has 1 aliphatic heterocycles. The maximum absolute atomic E-state index is 12.9. The first kappa shape index (κ1) is 18.2. The normalized spacial score (nSPS) is 14.6. The van der Waals surface area contributed by atoms with Crippen molar-refractivity contribution in [3.63, 3.8) is 0 Å². The lowest BCUT2D eigenvalue weighted by Gasteiger charge is -2.32. The largest absolute Gasteiger partial charge is 0.354 e. The van der Waals surface area contributed by atoms with Crippen LogP contribution >= 0.6 is 0 Å². The minimum absolute atomic E-state index is 0.0716. The van der Waals surface area contributed by atoms with Gasteiger partial charge in [-0.2, -0.15) is 0 Å². The first-order valence-corrected chi connectivity index (χ1v) is 9.88. The van der Waals surface area contributed by atoms with Gasteiger partial charge in [-0.25, -0.2) is 0 Å². The zero-order valence-corrected chi connectivity index (χ0v) is 15.9. The number of para-hydroxylation sites is 1. The number of hydrogen-bond donors (Lipinski definition) is 1. The third-order valence-electron chi connectivity index (χ3n) is 5.32. The summed E-state index contributed by atoms with van der Waals surface area (Å²) in [7, 11) is 0. The summed E-state index contributed by atoms with van der Waals surface area (Å²) in [5.74, 6) is 0.720. The van der Waals surface area contributed by atoms with E-state index in [1.165, 1.54) is 5.56 Å². The van der Waals surface area contributed by atoms with E-state index in [0.717, 1.165) is 43.7 Å². The molecule has 1 aliphatic rings. The van der Waals surface area contributed by atoms with Crippen LogP contribution in [0, 0.1) is 5.92 Å². The second-order valence-electron chi connectivity index (χ2n) is 7.38. The molecule has 4 heteroatoms. The van der Waals surface area contributed by atoms with Crippen LogP contribution in [0.15, 0.2) is 79.1 Å². The van der Waals surface area contributed by atoms with Gasteiger partial charge in [0.25, 0.3) is 5.91 Å². The van der Waals surface area contributed by atoms with Crippen molar-refractivity contribution in [1.29, 1.82) is 0 Å². The summed E-state index contributed by atoms with van der Waals surface area (Å²) in [5.41, 5.74) is 3.84. The van der Waals surface area contributed by atoms with E-state index in [2.05, 4.69) is 40.6 Å². The number of anilines is 2. The number of piperidine rings is 1. The van der Waals surface area contributed by atoms with Crippen LogP contribution in [0.1, 0.15) is 28.8 Å². The third kappa shape index (κ3) is 4.58. The van der Waals surface area contributed by atoms with E-state index < -0.39 is 0 Å². The topological polar surface area (TPSA) is 45.2 Å². The molecule has 4 nitrogen and oxygen atoms in total. The van der Waals surface area contributed by atoms with Crippen LogP contribution in [0.3, 0.4) is 0 Å². The number of hydrogen-bond acceptors (Lipinski definition) is 3. The van der Waals surface area contributed by atoms with Gasteiger partial charge in [-0.3, -0.25) is 9.78 Å². The molecule has 0 unspecified atom stereocenters. The summed E-state index contributed by atoms with van der Waals surface area (Å²) < 4.78 is 0. The lowest BCUT2D eigenvalue weighted by molar-refractivity contribution is 0.0690. The summed E-state index contributed by atoms with van der Waals surface area (Å²) in [6.45, 7) is 1.62. The summed E-state index contributed by atoms with van der Waals surface area (Å²) in [5, 5.41) is 3.30. The molecule has 2 aromatic carbocycles. The number of carbonyl (C=O) groups excluding carboxylic acids is 1. The highest BCUT2D eigenvalue weighted by Crippen LogP contribution is 2.23. The SMILES string of the molecule is O=C(c1cncc(Nc2ccccc2)c1)N1CCC(Cc2ccccc2)CC1. The Morgan fingerprint density at radius 3 is 2.32 bits per heavy atom. The van der Waals surface area contributed by atoms with Crippen molar-refractivity contribution in [1.82, 2.24) is 9.88 Å². The monoisotopic (exact) mass is 371 g/mol. The van der Waals surface area contributed by atoms with E-state index in [-0.39, 0.29) is 5.91 Å². The third-order valence-corrected chi connectivity index (χ3v) is 5.32. The van der Waals surface area contributed by atoms with E-state index in [1.54, 1.807) is 12.4 Å². The molecule has 4 rings (SSSR count). The van der Waals surface area contributed by atoms with Crippen LogP contribution in [0.5, 0.6) is 0 Å². The van der Waals surface area contributed by atoms with Gasteiger partial charge >= 0.3 is 0 Å². The molecule has 0 atom stereocenters. The van der Waals surface area contributed by atoms with Crippen LogP contribution in [0.2, 0.25) is 0 Å². The molecule has 1 N–H and O–H groups in total. The summed E-state index contributed by atoms with van der Waals surface area (Å²) in [4.78, 5) is 19.1. The van der Waals surface area contributed by atoms with Gasteiger partial charge in [0.2, 0.25) is 0 Å². The fraction of sp³-hybridized carbons (Fsp3) is 0.250. The Morgan fingerprint density at radius 2 is 1.61 bits per heavy atom. The van der Waals surface area contributed by atoms with Crippen molar-refractivity contribution in [2.45, 2.75) is 19.3 Å². The Bertz CT molecular complexity index is 903. The highest BCUT2D eigenvalue weighted by Gasteiger charge is 2.24. The molecule has 1 amide bonds. The zero-order valence-electron chi connectivity index (χ0n) is 15.9. The highest BCUT2D eigenvalue weighted by molar-refractivity contribution is 5.95. The Hall–Kier alpha value is -3.14. The molecule has 0 aliphatic carbocycles. The Kier molecular flexibility index (Phi) is 5.66. The van der Waals surface area contributed by atoms with Crippen LogP contribution < -0.4 is 5.32 Å². The molecule has 1 fully saturated rings. The maximum atomic E-state index is 12.9. The average molecular weight is 371 g/mol. The highest BCUT2D eigenvalue weighted by atomic mass is 16.2. The van der Waals surface area contributed by atoms with Crippen molar-refractivity contribution in [3.05, 3.63) is 90.3 Å². The van der Waals surface area contributed by atoms with Crippen LogP contribution in [-0.4, -0.2) is 28.9 Å². The quantitative estimate of drug-likeness (QED) is 0.692. The van der Waals surface area contributed by atoms with E-state index in [4.69, 9.17) is 0 Å². The minimum Gasteiger partial charge on any atom is -0.354 e. The van der Waals surface area contributed by atoms with Crippen LogP contribution in [0.4, 0.5) is 11.4 Å². The van der Waals surface area contributed by atoms with Gasteiger partial charge in [-0.1, -0.05) is 48.5 Å². The summed E-state index contributed by atoms with van der Waals surface area (Å²) >= 11 is 0. The summed E-state index contributed by atoms with van der Waals surface area (Å²) in [6, 6.07) is 22.4. The lowest BCUT2D eigenvalue weighted by Crippen LogP contribution is -2.39. The number of rotatable bonds is 5. The van der Waals surface area contributed by atoms with Crippen molar-refractivity contribution >= 4 is 17.3 Å². The van der Waals surface area contributed by atoms with Gasteiger partial charge in [0.1, 0.15) is 0 Å². The molecular weight excluding hydrogens is 346 g/mol. The Morgan fingerprint density at radius 1 is 0.929 bits per heavy atom. The first-order chi connectivity index (χ1) is 13.8. The number of nitrogens with zero attached hydrogens (tertiary/aromatic N) is 2. The number of likely N-dealkylation sites (tertiary alicyclic amines) is 1. The molecule has 0 radical (unpaired) electrons. The molecule has 0 spiro atoms. The number of carbonyl (C=O) groups is 1. The molecule has 142 valence electrons. The second kappa shape index (κ2) is 8.70. The van der Waals surface area contributed by atoms with Gasteiger partial charge in [-0.05, 0) is 48.9 Å². The molecule has 1 aromatic heterocycles. The molecule has 0 saturated carbocycles.